The summed E-state index contributed by atoms with van der Waals surface area (Å²) >= 11 is 0. The molecular weight excluding hydrogens is 334 g/mol. The Balaban J connectivity index is 1.69. The Bertz CT molecular complexity index is 1010. The molecule has 2 aromatic carbocycles. The summed E-state index contributed by atoms with van der Waals surface area (Å²) in [5.41, 5.74) is 5.49. The molecule has 1 atom stereocenters. The van der Waals surface area contributed by atoms with E-state index in [9.17, 15) is 4.79 Å². The molecule has 1 heterocycles. The second-order valence-corrected chi connectivity index (χ2v) is 8.65. The molecule has 4 rings (SSSR count). The summed E-state index contributed by atoms with van der Waals surface area (Å²) in [5, 5.41) is 4.76. The minimum atomic E-state index is -0.274. The second kappa shape index (κ2) is 6.97. The molecule has 0 aliphatic heterocycles. The highest BCUT2D eigenvalue weighted by molar-refractivity contribution is 5.82. The Kier molecular flexibility index (Phi) is 4.65. The minimum absolute atomic E-state index is 0.0534. The Morgan fingerprint density at radius 2 is 1.74 bits per heavy atom. The third kappa shape index (κ3) is 3.70. The predicted molar refractivity (Wildman–Crippen MR) is 110 cm³/mol. The molecule has 0 radical (unpaired) electrons. The minimum Gasteiger partial charge on any atom is -0.423 e. The van der Waals surface area contributed by atoms with Crippen molar-refractivity contribution < 1.29 is 4.42 Å². The van der Waals surface area contributed by atoms with E-state index < -0.39 is 0 Å². The Labute approximate surface area is 160 Å². The van der Waals surface area contributed by atoms with E-state index in [0.717, 1.165) is 23.8 Å². The van der Waals surface area contributed by atoms with E-state index in [1.54, 1.807) is 6.07 Å². The summed E-state index contributed by atoms with van der Waals surface area (Å²) in [4.78, 5) is 12.1. The number of rotatable bonds is 4. The number of hydrogen-bond acceptors (Lipinski definition) is 3. The Morgan fingerprint density at radius 1 is 1.04 bits per heavy atom. The van der Waals surface area contributed by atoms with Gasteiger partial charge in [-0.3, -0.25) is 0 Å². The van der Waals surface area contributed by atoms with Crippen LogP contribution < -0.4 is 10.9 Å². The first-order valence-electron chi connectivity index (χ1n) is 9.79. The third-order valence-electron chi connectivity index (χ3n) is 5.54. The van der Waals surface area contributed by atoms with Gasteiger partial charge in [0.05, 0.1) is 0 Å². The van der Waals surface area contributed by atoms with E-state index in [4.69, 9.17) is 4.42 Å². The van der Waals surface area contributed by atoms with Crippen molar-refractivity contribution in [2.75, 3.05) is 0 Å². The first-order chi connectivity index (χ1) is 12.9. The quantitative estimate of drug-likeness (QED) is 0.653. The molecule has 1 aliphatic carbocycles. The normalized spacial score (nSPS) is 15.1. The molecule has 1 aromatic heterocycles. The van der Waals surface area contributed by atoms with Crippen LogP contribution >= 0.6 is 0 Å². The fraction of sp³-hybridized carbons (Fsp3) is 0.375. The molecule has 3 nitrogen and oxygen atoms in total. The van der Waals surface area contributed by atoms with Gasteiger partial charge < -0.3 is 9.73 Å². The molecule has 27 heavy (non-hydrogen) atoms. The fourth-order valence-corrected chi connectivity index (χ4v) is 4.22. The first-order valence-corrected chi connectivity index (χ1v) is 9.79. The second-order valence-electron chi connectivity index (χ2n) is 8.65. The van der Waals surface area contributed by atoms with Crippen molar-refractivity contribution in [1.82, 2.24) is 5.32 Å². The molecular formula is C24H27NO2. The summed E-state index contributed by atoms with van der Waals surface area (Å²) in [7, 11) is 0. The summed E-state index contributed by atoms with van der Waals surface area (Å²) in [5.74, 6) is 0. The highest BCUT2D eigenvalue weighted by Gasteiger charge is 2.26. The molecule has 0 amide bonds. The van der Waals surface area contributed by atoms with Crippen LogP contribution in [-0.2, 0) is 19.4 Å². The molecule has 140 valence electrons. The lowest BCUT2D eigenvalue weighted by molar-refractivity contribution is 0.271. The molecule has 0 spiro atoms. The van der Waals surface area contributed by atoms with Gasteiger partial charge in [-0.15, -0.1) is 0 Å². The van der Waals surface area contributed by atoms with Crippen LogP contribution in [0.2, 0.25) is 0 Å². The zero-order valence-corrected chi connectivity index (χ0v) is 16.3. The van der Waals surface area contributed by atoms with Crippen molar-refractivity contribution in [3.63, 3.8) is 0 Å². The smallest absolute Gasteiger partial charge is 0.336 e. The van der Waals surface area contributed by atoms with Crippen LogP contribution in [0.25, 0.3) is 11.0 Å². The highest BCUT2D eigenvalue weighted by atomic mass is 16.4. The van der Waals surface area contributed by atoms with Gasteiger partial charge in [-0.25, -0.2) is 4.79 Å². The number of hydrogen-bond donors (Lipinski definition) is 1. The van der Waals surface area contributed by atoms with Gasteiger partial charge >= 0.3 is 5.63 Å². The van der Waals surface area contributed by atoms with Gasteiger partial charge in [0.25, 0.3) is 0 Å². The number of aryl methyl sites for hydroxylation is 2. The molecule has 0 bridgehead atoms. The Hall–Kier alpha value is -2.39. The van der Waals surface area contributed by atoms with Gasteiger partial charge in [0, 0.05) is 24.0 Å². The van der Waals surface area contributed by atoms with Crippen molar-refractivity contribution in [3.05, 3.63) is 81.2 Å². The van der Waals surface area contributed by atoms with E-state index in [1.165, 1.54) is 23.1 Å². The molecule has 0 saturated heterocycles. The van der Waals surface area contributed by atoms with Gasteiger partial charge in [-0.2, -0.15) is 0 Å². The summed E-state index contributed by atoms with van der Waals surface area (Å²) in [6.45, 7) is 7.35. The maximum Gasteiger partial charge on any atom is 0.336 e. The highest BCUT2D eigenvalue weighted by Crippen LogP contribution is 2.34. The molecule has 1 unspecified atom stereocenters. The molecule has 1 N–H and O–H groups in total. The third-order valence-corrected chi connectivity index (χ3v) is 5.54. The van der Waals surface area contributed by atoms with E-state index in [1.807, 2.05) is 6.07 Å². The largest absolute Gasteiger partial charge is 0.423 e. The summed E-state index contributed by atoms with van der Waals surface area (Å²) in [6.07, 6.45) is 3.38. The van der Waals surface area contributed by atoms with Gasteiger partial charge in [0.15, 0.2) is 0 Å². The van der Waals surface area contributed by atoms with Crippen LogP contribution in [-0.4, -0.2) is 0 Å². The van der Waals surface area contributed by atoms with Gasteiger partial charge in [0.1, 0.15) is 5.58 Å². The lowest BCUT2D eigenvalue weighted by atomic mass is 9.82. The molecule has 3 aromatic rings. The van der Waals surface area contributed by atoms with Crippen molar-refractivity contribution in [2.45, 2.75) is 52.6 Å². The summed E-state index contributed by atoms with van der Waals surface area (Å²) in [6, 6.07) is 16.6. The first kappa shape index (κ1) is 18.0. The standard InChI is InChI=1S/C24H27NO2/c1-24(2,3)23(16-8-5-4-6-9-16)25-15-19-14-22(26)27-21-13-18-11-7-10-17(18)12-20(19)21/h4-6,8-9,12-14,23,25H,7,10-11,15H2,1-3H3. The van der Waals surface area contributed by atoms with Crippen molar-refractivity contribution >= 4 is 11.0 Å². The lowest BCUT2D eigenvalue weighted by Crippen LogP contribution is -2.32. The average molecular weight is 361 g/mol. The van der Waals surface area contributed by atoms with Crippen LogP contribution in [0, 0.1) is 5.41 Å². The van der Waals surface area contributed by atoms with Crippen molar-refractivity contribution in [1.29, 1.82) is 0 Å². The van der Waals surface area contributed by atoms with E-state index in [0.29, 0.717) is 12.1 Å². The molecule has 3 heteroatoms. The topological polar surface area (TPSA) is 42.2 Å². The molecule has 0 fully saturated rings. The number of nitrogens with one attached hydrogen (secondary N) is 1. The van der Waals surface area contributed by atoms with Crippen LogP contribution in [0.15, 0.2) is 57.7 Å². The van der Waals surface area contributed by atoms with Crippen LogP contribution in [0.4, 0.5) is 0 Å². The van der Waals surface area contributed by atoms with Crippen LogP contribution in [0.3, 0.4) is 0 Å². The SMILES string of the molecule is CC(C)(C)C(NCc1cc(=O)oc2cc3c(cc12)CCC3)c1ccccc1. The average Bonchev–Trinajstić information content (AvgIpc) is 3.07. The lowest BCUT2D eigenvalue weighted by Gasteiger charge is -2.32. The van der Waals surface area contributed by atoms with Gasteiger partial charge in [-0.05, 0) is 59.1 Å². The monoisotopic (exact) mass is 361 g/mol. The Morgan fingerprint density at radius 3 is 2.44 bits per heavy atom. The maximum atomic E-state index is 12.1. The predicted octanol–water partition coefficient (Wildman–Crippen LogP) is 5.16. The molecule has 0 saturated carbocycles. The molecule has 1 aliphatic rings. The van der Waals surface area contributed by atoms with E-state index in [-0.39, 0.29) is 17.1 Å². The van der Waals surface area contributed by atoms with Crippen LogP contribution in [0.5, 0.6) is 0 Å². The van der Waals surface area contributed by atoms with E-state index in [2.05, 4.69) is 62.5 Å². The number of benzene rings is 2. The zero-order valence-electron chi connectivity index (χ0n) is 16.3. The van der Waals surface area contributed by atoms with Gasteiger partial charge in [0.2, 0.25) is 0 Å². The zero-order chi connectivity index (χ0) is 19.0. The van der Waals surface area contributed by atoms with Gasteiger partial charge in [-0.1, -0.05) is 51.1 Å². The fourth-order valence-electron chi connectivity index (χ4n) is 4.22. The van der Waals surface area contributed by atoms with Crippen LogP contribution in [0.1, 0.15) is 55.5 Å². The maximum absolute atomic E-state index is 12.1. The van der Waals surface area contributed by atoms with Crippen molar-refractivity contribution in [2.24, 2.45) is 5.41 Å². The number of fused-ring (bicyclic) bond motifs is 2. The van der Waals surface area contributed by atoms with Crippen molar-refractivity contribution in [3.8, 4) is 0 Å². The summed E-state index contributed by atoms with van der Waals surface area (Å²) < 4.78 is 5.50. The van der Waals surface area contributed by atoms with E-state index >= 15 is 0 Å².